The Balaban J connectivity index is 1.63. The molecule has 0 bridgehead atoms. The summed E-state index contributed by atoms with van der Waals surface area (Å²) in [4.78, 5) is 37.1. The Kier molecular flexibility index (Phi) is 6.41. The van der Waals surface area contributed by atoms with Crippen LogP contribution in [0.3, 0.4) is 0 Å². The molecule has 1 N–H and O–H groups in total. The summed E-state index contributed by atoms with van der Waals surface area (Å²) in [7, 11) is 0. The fourth-order valence-corrected chi connectivity index (χ4v) is 8.08. The molecule has 7 atom stereocenters. The number of allylic oxidation sites excluding steroid dienone is 4. The molecule has 1 fully saturated rings. The summed E-state index contributed by atoms with van der Waals surface area (Å²) in [5.41, 5.74) is 0.568. The van der Waals surface area contributed by atoms with Crippen molar-refractivity contribution in [1.82, 2.24) is 0 Å². The van der Waals surface area contributed by atoms with Crippen molar-refractivity contribution in [3.8, 4) is 0 Å². The quantitative estimate of drug-likeness (QED) is 0.398. The van der Waals surface area contributed by atoms with Gasteiger partial charge in [0.1, 0.15) is 23.4 Å². The molecule has 2 heterocycles. The van der Waals surface area contributed by atoms with E-state index in [-0.39, 0.29) is 23.8 Å². The molecule has 0 amide bonds. The molecule has 5 rings (SSSR count). The minimum atomic E-state index is -1.34. The molecule has 7 heteroatoms. The topological polar surface area (TPSA) is 99.1 Å². The van der Waals surface area contributed by atoms with E-state index in [1.165, 1.54) is 13.0 Å². The van der Waals surface area contributed by atoms with Crippen LogP contribution < -0.4 is 0 Å². The van der Waals surface area contributed by atoms with Crippen LogP contribution in [0.25, 0.3) is 0 Å². The summed E-state index contributed by atoms with van der Waals surface area (Å²) in [6.07, 6.45) is 12.7. The predicted octanol–water partition coefficient (Wildman–Crippen LogP) is 5.06. The van der Waals surface area contributed by atoms with Crippen LogP contribution >= 0.6 is 0 Å². The minimum Gasteiger partial charge on any atom is -0.462 e. The maximum atomic E-state index is 12.4. The van der Waals surface area contributed by atoms with Crippen molar-refractivity contribution in [3.63, 3.8) is 0 Å². The molecule has 0 aromatic rings. The summed E-state index contributed by atoms with van der Waals surface area (Å²) in [6.45, 7) is 13.1. The second kappa shape index (κ2) is 9.05. The predicted molar refractivity (Wildman–Crippen MR) is 145 cm³/mol. The standard InChI is InChI=1S/C32H40O7/c1-18-8-12-25(38-28(18)35)32(7,36)24-14-15-30(5)23-11-10-22-20(9-13-27(34)39-29(22,3)4)16-21(23)17-26(31(24,30)6)37-19(2)33/h8-11,13,16,22,24-26,36H,12,14-15,17H2,1-7H3/t22-,24+,25-,26+,30+,31+,32-/m1/s1. The van der Waals surface area contributed by atoms with Gasteiger partial charge in [0.25, 0.3) is 0 Å². The van der Waals surface area contributed by atoms with Gasteiger partial charge in [-0.2, -0.15) is 0 Å². The molecule has 0 aromatic heterocycles. The molecule has 0 saturated heterocycles. The second-order valence-electron chi connectivity index (χ2n) is 13.0. The van der Waals surface area contributed by atoms with Gasteiger partial charge in [-0.3, -0.25) is 4.79 Å². The van der Waals surface area contributed by atoms with Gasteiger partial charge in [-0.05, 0) is 57.3 Å². The number of hydrogen-bond acceptors (Lipinski definition) is 7. The maximum Gasteiger partial charge on any atom is 0.333 e. The third-order valence-corrected chi connectivity index (χ3v) is 10.4. The average Bonchev–Trinajstić information content (AvgIpc) is 2.94. The van der Waals surface area contributed by atoms with Crippen LogP contribution in [-0.4, -0.2) is 46.4 Å². The number of carbonyl (C=O) groups excluding carboxylic acids is 3. The van der Waals surface area contributed by atoms with Crippen LogP contribution in [0.2, 0.25) is 0 Å². The largest absolute Gasteiger partial charge is 0.462 e. The van der Waals surface area contributed by atoms with E-state index in [1.807, 2.05) is 26.0 Å². The monoisotopic (exact) mass is 536 g/mol. The van der Waals surface area contributed by atoms with E-state index in [9.17, 15) is 19.5 Å². The van der Waals surface area contributed by atoms with Gasteiger partial charge >= 0.3 is 17.9 Å². The Labute approximate surface area is 230 Å². The van der Waals surface area contributed by atoms with Crippen LogP contribution in [0.15, 0.2) is 58.7 Å². The normalized spacial score (nSPS) is 38.6. The first-order valence-corrected chi connectivity index (χ1v) is 13.9. The Bertz CT molecular complexity index is 1270. The van der Waals surface area contributed by atoms with Gasteiger partial charge in [0.2, 0.25) is 0 Å². The van der Waals surface area contributed by atoms with E-state index in [0.717, 1.165) is 23.1 Å². The van der Waals surface area contributed by atoms with E-state index in [2.05, 4.69) is 32.1 Å². The smallest absolute Gasteiger partial charge is 0.333 e. The van der Waals surface area contributed by atoms with Crippen LogP contribution in [-0.2, 0) is 28.6 Å². The van der Waals surface area contributed by atoms with E-state index >= 15 is 0 Å². The highest BCUT2D eigenvalue weighted by Crippen LogP contribution is 2.69. The van der Waals surface area contributed by atoms with Crippen LogP contribution in [0.4, 0.5) is 0 Å². The van der Waals surface area contributed by atoms with Gasteiger partial charge in [0.15, 0.2) is 0 Å². The SMILES string of the molecule is CC(=O)O[C@H]1CC2=C(C=C[C@@H]3C(=C2)C=CC(=O)OC3(C)C)[C@]2(C)CC[C@H]([C@@](C)(O)[C@H]3CC=C(C)C(=O)O3)[C@@]12C. The lowest BCUT2D eigenvalue weighted by Crippen LogP contribution is -2.60. The zero-order valence-electron chi connectivity index (χ0n) is 24.0. The van der Waals surface area contributed by atoms with Crippen molar-refractivity contribution in [1.29, 1.82) is 0 Å². The molecule has 210 valence electrons. The summed E-state index contributed by atoms with van der Waals surface area (Å²) >= 11 is 0. The first kappa shape index (κ1) is 27.6. The molecule has 2 aliphatic heterocycles. The second-order valence-corrected chi connectivity index (χ2v) is 13.0. The Morgan fingerprint density at radius 3 is 2.54 bits per heavy atom. The fraction of sp³-hybridized carbons (Fsp3) is 0.594. The Morgan fingerprint density at radius 1 is 1.15 bits per heavy atom. The molecule has 1 saturated carbocycles. The van der Waals surface area contributed by atoms with E-state index in [4.69, 9.17) is 14.2 Å². The van der Waals surface area contributed by atoms with Crippen molar-refractivity contribution < 1.29 is 33.7 Å². The van der Waals surface area contributed by atoms with Crippen molar-refractivity contribution in [2.45, 2.75) is 97.6 Å². The molecule has 39 heavy (non-hydrogen) atoms. The van der Waals surface area contributed by atoms with Gasteiger partial charge < -0.3 is 19.3 Å². The van der Waals surface area contributed by atoms with Crippen molar-refractivity contribution in [3.05, 3.63) is 58.7 Å². The first-order chi connectivity index (χ1) is 18.1. The van der Waals surface area contributed by atoms with Gasteiger partial charge in [-0.15, -0.1) is 0 Å². The number of hydrogen-bond donors (Lipinski definition) is 1. The number of esters is 3. The third kappa shape index (κ3) is 4.16. The minimum absolute atomic E-state index is 0.148. The highest BCUT2D eigenvalue weighted by Gasteiger charge is 2.68. The summed E-state index contributed by atoms with van der Waals surface area (Å²) in [5.74, 6) is -1.60. The van der Waals surface area contributed by atoms with E-state index in [0.29, 0.717) is 24.8 Å². The highest BCUT2D eigenvalue weighted by atomic mass is 16.6. The lowest BCUT2D eigenvalue weighted by atomic mass is 9.51. The van der Waals surface area contributed by atoms with Crippen molar-refractivity contribution in [2.75, 3.05) is 0 Å². The van der Waals surface area contributed by atoms with Gasteiger partial charge in [0, 0.05) is 54.1 Å². The zero-order valence-corrected chi connectivity index (χ0v) is 24.0. The lowest BCUT2D eigenvalue weighted by Gasteiger charge is -2.56. The fourth-order valence-electron chi connectivity index (χ4n) is 8.08. The maximum absolute atomic E-state index is 12.4. The molecule has 0 aromatic carbocycles. The average molecular weight is 537 g/mol. The van der Waals surface area contributed by atoms with Crippen LogP contribution in [0.1, 0.15) is 74.1 Å². The molecular weight excluding hydrogens is 496 g/mol. The van der Waals surface area contributed by atoms with Gasteiger partial charge in [0.05, 0.1) is 0 Å². The summed E-state index contributed by atoms with van der Waals surface area (Å²) in [5, 5.41) is 12.1. The molecule has 0 spiro atoms. The third-order valence-electron chi connectivity index (χ3n) is 10.4. The number of aliphatic hydroxyl groups is 1. The number of carbonyl (C=O) groups is 3. The number of ether oxygens (including phenoxy) is 3. The van der Waals surface area contributed by atoms with Crippen LogP contribution in [0, 0.1) is 22.7 Å². The molecule has 0 radical (unpaired) electrons. The number of cyclic esters (lactones) is 2. The van der Waals surface area contributed by atoms with Gasteiger partial charge in [-0.25, -0.2) is 9.59 Å². The molecule has 0 unspecified atom stereocenters. The number of fused-ring (bicyclic) bond motifs is 3. The van der Waals surface area contributed by atoms with E-state index in [1.54, 1.807) is 13.8 Å². The molecule has 3 aliphatic carbocycles. The Morgan fingerprint density at radius 2 is 1.87 bits per heavy atom. The lowest BCUT2D eigenvalue weighted by molar-refractivity contribution is -0.196. The summed E-state index contributed by atoms with van der Waals surface area (Å²) in [6, 6.07) is 0. The summed E-state index contributed by atoms with van der Waals surface area (Å²) < 4.78 is 17.6. The molecular formula is C32H40O7. The number of rotatable bonds is 3. The van der Waals surface area contributed by atoms with Crippen molar-refractivity contribution in [2.24, 2.45) is 22.7 Å². The Hall–Kier alpha value is -2.93. The van der Waals surface area contributed by atoms with Crippen LogP contribution in [0.5, 0.6) is 0 Å². The van der Waals surface area contributed by atoms with Crippen molar-refractivity contribution >= 4 is 17.9 Å². The zero-order chi connectivity index (χ0) is 28.5. The first-order valence-electron chi connectivity index (χ1n) is 13.9. The van der Waals surface area contributed by atoms with E-state index < -0.39 is 40.2 Å². The molecule has 7 nitrogen and oxygen atoms in total. The van der Waals surface area contributed by atoms with Gasteiger partial charge in [-0.1, -0.05) is 44.2 Å². The molecule has 5 aliphatic rings. The highest BCUT2D eigenvalue weighted by molar-refractivity contribution is 5.88.